The van der Waals surface area contributed by atoms with Crippen LogP contribution < -0.4 is 26.3 Å². The van der Waals surface area contributed by atoms with Crippen molar-refractivity contribution in [2.24, 2.45) is 28.3 Å². The molecule has 0 spiro atoms. The van der Waals surface area contributed by atoms with Gasteiger partial charge in [0.15, 0.2) is 17.5 Å². The number of ether oxygens (including phenoxy) is 2. The first kappa shape index (κ1) is 28.5. The van der Waals surface area contributed by atoms with E-state index in [1.54, 1.807) is 25.3 Å². The number of hydrogen-bond acceptors (Lipinski definition) is 4. The highest BCUT2D eigenvalue weighted by atomic mass is 16.5. The van der Waals surface area contributed by atoms with E-state index in [2.05, 4.69) is 10.3 Å². The number of hydrogen-bond donors (Lipinski definition) is 3. The Bertz CT molecular complexity index is 787. The maximum Gasteiger partial charge on any atom is 0.253 e. The summed E-state index contributed by atoms with van der Waals surface area (Å²) in [6, 6.07) is 5.18. The number of nitrogens with two attached hydrogens (primary N) is 2. The van der Waals surface area contributed by atoms with E-state index in [0.717, 1.165) is 36.8 Å². The Morgan fingerprint density at radius 1 is 0.914 bits per heavy atom. The van der Waals surface area contributed by atoms with Crippen LogP contribution >= 0.6 is 0 Å². The molecule has 3 rings (SSSR count). The molecule has 2 amide bonds. The van der Waals surface area contributed by atoms with Gasteiger partial charge in [0, 0.05) is 13.0 Å². The molecule has 2 aliphatic rings. The second-order valence-corrected chi connectivity index (χ2v) is 9.65. The third-order valence-electron chi connectivity index (χ3n) is 6.87. The van der Waals surface area contributed by atoms with Gasteiger partial charge in [-0.1, -0.05) is 57.4 Å². The van der Waals surface area contributed by atoms with E-state index >= 15 is 0 Å². The number of rotatable bonds is 9. The summed E-state index contributed by atoms with van der Waals surface area (Å²) in [6.45, 7) is 0.934. The lowest BCUT2D eigenvalue weighted by Crippen LogP contribution is -2.30. The number of carbonyl (C=O) groups is 2. The van der Waals surface area contributed by atoms with Gasteiger partial charge in [0.2, 0.25) is 5.91 Å². The highest BCUT2D eigenvalue weighted by Gasteiger charge is 2.17. The molecule has 8 heteroatoms. The van der Waals surface area contributed by atoms with Crippen LogP contribution in [0.4, 0.5) is 0 Å². The van der Waals surface area contributed by atoms with Crippen LogP contribution in [0.5, 0.6) is 11.5 Å². The lowest BCUT2D eigenvalue weighted by Gasteiger charge is -2.23. The maximum absolute atomic E-state index is 11.8. The van der Waals surface area contributed by atoms with Crippen LogP contribution in [0.1, 0.15) is 82.6 Å². The number of benzene rings is 1. The maximum atomic E-state index is 11.8. The predicted octanol–water partition coefficient (Wildman–Crippen LogP) is 4.09. The molecule has 2 aliphatic carbocycles. The predicted molar refractivity (Wildman–Crippen MR) is 139 cm³/mol. The largest absolute Gasteiger partial charge is 0.493 e. The van der Waals surface area contributed by atoms with Crippen LogP contribution in [0.25, 0.3) is 0 Å². The first-order valence-electron chi connectivity index (χ1n) is 13.0. The van der Waals surface area contributed by atoms with E-state index in [1.807, 2.05) is 0 Å². The first-order valence-corrected chi connectivity index (χ1v) is 13.0. The monoisotopic (exact) mass is 488 g/mol. The van der Waals surface area contributed by atoms with Gasteiger partial charge >= 0.3 is 0 Å². The SMILES string of the molecule is COc1ccc(CC(=O)N=C(N)N)cc1OC.O=C(CCC1CCCCC1)NCC1CCCCC1. The van der Waals surface area contributed by atoms with E-state index in [-0.39, 0.29) is 12.4 Å². The zero-order valence-corrected chi connectivity index (χ0v) is 21.5. The molecule has 0 radical (unpaired) electrons. The first-order chi connectivity index (χ1) is 16.9. The van der Waals surface area contributed by atoms with Crippen molar-refractivity contribution >= 4 is 17.8 Å². The number of nitrogens with zero attached hydrogens (tertiary/aromatic N) is 1. The lowest BCUT2D eigenvalue weighted by atomic mass is 9.86. The van der Waals surface area contributed by atoms with Gasteiger partial charge in [-0.2, -0.15) is 4.99 Å². The molecular weight excluding hydrogens is 444 g/mol. The van der Waals surface area contributed by atoms with Crippen molar-refractivity contribution in [3.8, 4) is 11.5 Å². The standard InChI is InChI=1S/C16H29NO.C11H15N3O3/c18-16(12-11-14-7-3-1-4-8-14)17-13-15-9-5-2-6-10-15;1-16-8-4-3-7(5-9(8)17-2)6-10(15)14-11(12)13/h14-15H,1-13H2,(H,17,18);3-5H,6H2,1-2H3,(H4,12,13,14,15). The number of aliphatic imine (C=N–C) groups is 1. The highest BCUT2D eigenvalue weighted by molar-refractivity contribution is 5.92. The van der Waals surface area contributed by atoms with Gasteiger partial charge in [0.05, 0.1) is 20.6 Å². The van der Waals surface area contributed by atoms with Gasteiger partial charge < -0.3 is 26.3 Å². The van der Waals surface area contributed by atoms with Crippen LogP contribution in [0.15, 0.2) is 23.2 Å². The molecule has 5 N–H and O–H groups in total. The van der Waals surface area contributed by atoms with Crippen LogP contribution in [-0.4, -0.2) is 38.5 Å². The van der Waals surface area contributed by atoms with Crippen molar-refractivity contribution in [3.05, 3.63) is 23.8 Å². The Morgan fingerprint density at radius 2 is 1.51 bits per heavy atom. The molecule has 1 aromatic rings. The Morgan fingerprint density at radius 3 is 2.09 bits per heavy atom. The molecule has 0 aromatic heterocycles. The summed E-state index contributed by atoms with van der Waals surface area (Å²) < 4.78 is 10.2. The van der Waals surface area contributed by atoms with Gasteiger partial charge in [0.25, 0.3) is 5.91 Å². The molecule has 2 fully saturated rings. The summed E-state index contributed by atoms with van der Waals surface area (Å²) in [5.41, 5.74) is 11.0. The molecule has 0 bridgehead atoms. The zero-order chi connectivity index (χ0) is 25.5. The van der Waals surface area contributed by atoms with Crippen molar-refractivity contribution in [2.45, 2.75) is 83.5 Å². The van der Waals surface area contributed by atoms with Gasteiger partial charge in [-0.15, -0.1) is 0 Å². The average Bonchev–Trinajstić information content (AvgIpc) is 2.87. The van der Waals surface area contributed by atoms with E-state index in [9.17, 15) is 9.59 Å². The lowest BCUT2D eigenvalue weighted by molar-refractivity contribution is -0.121. The molecule has 2 saturated carbocycles. The minimum absolute atomic E-state index is 0.109. The molecule has 0 heterocycles. The normalized spacial score (nSPS) is 16.4. The summed E-state index contributed by atoms with van der Waals surface area (Å²) in [5.74, 6) is 2.41. The minimum atomic E-state index is -0.405. The van der Waals surface area contributed by atoms with Crippen molar-refractivity contribution in [3.63, 3.8) is 0 Å². The Balaban J connectivity index is 0.000000247. The summed E-state index contributed by atoms with van der Waals surface area (Å²) in [6.07, 6.45) is 15.6. The Kier molecular flexibility index (Phi) is 13.0. The zero-order valence-electron chi connectivity index (χ0n) is 21.5. The van der Waals surface area contributed by atoms with Crippen LogP contribution in [0.2, 0.25) is 0 Å². The molecule has 0 aliphatic heterocycles. The second kappa shape index (κ2) is 16.0. The highest BCUT2D eigenvalue weighted by Crippen LogP contribution is 2.28. The summed E-state index contributed by atoms with van der Waals surface area (Å²) in [5, 5.41) is 3.15. The number of methoxy groups -OCH3 is 2. The fraction of sp³-hybridized carbons (Fsp3) is 0.667. The molecular formula is C27H44N4O4. The summed E-state index contributed by atoms with van der Waals surface area (Å²) >= 11 is 0. The third-order valence-corrected chi connectivity index (χ3v) is 6.87. The quantitative estimate of drug-likeness (QED) is 0.355. The van der Waals surface area contributed by atoms with Crippen LogP contribution in [-0.2, 0) is 16.0 Å². The molecule has 196 valence electrons. The fourth-order valence-electron chi connectivity index (χ4n) is 4.90. The Hall–Kier alpha value is -2.77. The molecule has 0 saturated heterocycles. The van der Waals surface area contributed by atoms with Gasteiger partial charge in [-0.3, -0.25) is 9.59 Å². The molecule has 1 aromatic carbocycles. The van der Waals surface area contributed by atoms with Crippen molar-refractivity contribution in [1.29, 1.82) is 0 Å². The summed E-state index contributed by atoms with van der Waals surface area (Å²) in [7, 11) is 3.07. The molecule has 0 atom stereocenters. The van der Waals surface area contributed by atoms with Crippen molar-refractivity contribution in [2.75, 3.05) is 20.8 Å². The fourth-order valence-corrected chi connectivity index (χ4v) is 4.90. The van der Waals surface area contributed by atoms with Gasteiger partial charge in [0.1, 0.15) is 0 Å². The molecule has 8 nitrogen and oxygen atoms in total. The third kappa shape index (κ3) is 11.5. The minimum Gasteiger partial charge on any atom is -0.493 e. The average molecular weight is 489 g/mol. The van der Waals surface area contributed by atoms with Crippen LogP contribution in [0.3, 0.4) is 0 Å². The second-order valence-electron chi connectivity index (χ2n) is 9.65. The molecule has 35 heavy (non-hydrogen) atoms. The summed E-state index contributed by atoms with van der Waals surface area (Å²) in [4.78, 5) is 26.6. The van der Waals surface area contributed by atoms with E-state index in [1.165, 1.54) is 71.3 Å². The van der Waals surface area contributed by atoms with Crippen LogP contribution in [0, 0.1) is 11.8 Å². The van der Waals surface area contributed by atoms with Crippen molar-refractivity contribution in [1.82, 2.24) is 5.32 Å². The van der Waals surface area contributed by atoms with Crippen molar-refractivity contribution < 1.29 is 19.1 Å². The number of carbonyl (C=O) groups excluding carboxylic acids is 2. The van der Waals surface area contributed by atoms with E-state index in [0.29, 0.717) is 17.4 Å². The topological polar surface area (TPSA) is 129 Å². The van der Waals surface area contributed by atoms with E-state index < -0.39 is 5.91 Å². The van der Waals surface area contributed by atoms with Gasteiger partial charge in [-0.25, -0.2) is 0 Å². The number of amides is 2. The van der Waals surface area contributed by atoms with E-state index in [4.69, 9.17) is 20.9 Å². The number of nitrogens with one attached hydrogen (secondary N) is 1. The van der Waals surface area contributed by atoms with Gasteiger partial charge in [-0.05, 0) is 48.8 Å². The smallest absolute Gasteiger partial charge is 0.253 e. The Labute approximate surface area is 210 Å². The molecule has 0 unspecified atom stereocenters. The number of guanidine groups is 1.